The van der Waals surface area contributed by atoms with Crippen LogP contribution in [0.5, 0.6) is 0 Å². The normalized spacial score (nSPS) is 12.2. The summed E-state index contributed by atoms with van der Waals surface area (Å²) in [6, 6.07) is 21.6. The van der Waals surface area contributed by atoms with Crippen LogP contribution in [0.2, 0.25) is 0 Å². The lowest BCUT2D eigenvalue weighted by atomic mass is 9.99. The largest absolute Gasteiger partial charge is 0.385 e. The molecule has 1 unspecified atom stereocenters. The summed E-state index contributed by atoms with van der Waals surface area (Å²) in [5, 5.41) is 3.64. The summed E-state index contributed by atoms with van der Waals surface area (Å²) >= 11 is 0. The molecular formula is C18H23NO. The molecule has 0 spiro atoms. The van der Waals surface area contributed by atoms with Gasteiger partial charge < -0.3 is 10.1 Å². The van der Waals surface area contributed by atoms with Crippen molar-refractivity contribution in [3.05, 3.63) is 71.8 Å². The van der Waals surface area contributed by atoms with Crippen LogP contribution < -0.4 is 5.32 Å². The fourth-order valence-electron chi connectivity index (χ4n) is 2.34. The molecule has 0 aliphatic carbocycles. The predicted octanol–water partition coefficient (Wildman–Crippen LogP) is 3.60. The Labute approximate surface area is 121 Å². The highest BCUT2D eigenvalue weighted by Gasteiger charge is 2.10. The Morgan fingerprint density at radius 2 is 1.60 bits per heavy atom. The molecule has 1 N–H and O–H groups in total. The maximum absolute atomic E-state index is 5.11. The van der Waals surface area contributed by atoms with Gasteiger partial charge in [0.2, 0.25) is 0 Å². The zero-order valence-corrected chi connectivity index (χ0v) is 12.1. The van der Waals surface area contributed by atoms with Gasteiger partial charge in [-0.2, -0.15) is 0 Å². The van der Waals surface area contributed by atoms with Crippen LogP contribution in [0.25, 0.3) is 0 Å². The average molecular weight is 269 g/mol. The Morgan fingerprint density at radius 1 is 0.950 bits per heavy atom. The molecule has 106 valence electrons. The molecule has 0 aliphatic heterocycles. The van der Waals surface area contributed by atoms with Crippen molar-refractivity contribution in [1.29, 1.82) is 0 Å². The summed E-state index contributed by atoms with van der Waals surface area (Å²) in [6.45, 7) is 1.78. The number of hydrogen-bond acceptors (Lipinski definition) is 2. The summed E-state index contributed by atoms with van der Waals surface area (Å²) < 4.78 is 5.11. The molecule has 0 radical (unpaired) electrons. The molecule has 0 heterocycles. The van der Waals surface area contributed by atoms with Gasteiger partial charge in [0.15, 0.2) is 0 Å². The van der Waals surface area contributed by atoms with Crippen molar-refractivity contribution >= 4 is 0 Å². The number of nitrogens with one attached hydrogen (secondary N) is 1. The van der Waals surface area contributed by atoms with E-state index in [-0.39, 0.29) is 0 Å². The molecule has 2 heteroatoms. The van der Waals surface area contributed by atoms with Crippen molar-refractivity contribution in [2.75, 3.05) is 20.3 Å². The monoisotopic (exact) mass is 269 g/mol. The van der Waals surface area contributed by atoms with E-state index in [1.807, 2.05) is 0 Å². The third kappa shape index (κ3) is 4.80. The fraction of sp³-hybridized carbons (Fsp3) is 0.333. The summed E-state index contributed by atoms with van der Waals surface area (Å²) in [7, 11) is 1.75. The van der Waals surface area contributed by atoms with E-state index >= 15 is 0 Å². The Balaban J connectivity index is 2.00. The zero-order chi connectivity index (χ0) is 14.0. The van der Waals surface area contributed by atoms with Gasteiger partial charge in [-0.05, 0) is 30.5 Å². The van der Waals surface area contributed by atoms with Crippen LogP contribution in [0.1, 0.15) is 23.6 Å². The van der Waals surface area contributed by atoms with E-state index in [0.29, 0.717) is 6.04 Å². The lowest BCUT2D eigenvalue weighted by Gasteiger charge is -2.19. The van der Waals surface area contributed by atoms with E-state index in [9.17, 15) is 0 Å². The van der Waals surface area contributed by atoms with Crippen LogP contribution in [-0.2, 0) is 11.2 Å². The van der Waals surface area contributed by atoms with Crippen LogP contribution >= 0.6 is 0 Å². The van der Waals surface area contributed by atoms with E-state index in [4.69, 9.17) is 4.74 Å². The molecule has 0 aromatic heterocycles. The SMILES string of the molecule is COCCCNC(Cc1ccccc1)c1ccccc1. The van der Waals surface area contributed by atoms with Gasteiger partial charge >= 0.3 is 0 Å². The van der Waals surface area contributed by atoms with E-state index < -0.39 is 0 Å². The molecular weight excluding hydrogens is 246 g/mol. The number of methoxy groups -OCH3 is 1. The first-order valence-electron chi connectivity index (χ1n) is 7.21. The van der Waals surface area contributed by atoms with E-state index in [1.165, 1.54) is 11.1 Å². The van der Waals surface area contributed by atoms with Gasteiger partial charge in [0.25, 0.3) is 0 Å². The van der Waals surface area contributed by atoms with Gasteiger partial charge in [0.05, 0.1) is 0 Å². The number of ether oxygens (including phenoxy) is 1. The Hall–Kier alpha value is -1.64. The van der Waals surface area contributed by atoms with Crippen LogP contribution in [0.15, 0.2) is 60.7 Å². The van der Waals surface area contributed by atoms with Gasteiger partial charge in [-0.3, -0.25) is 0 Å². The van der Waals surface area contributed by atoms with Gasteiger partial charge in [-0.1, -0.05) is 60.7 Å². The van der Waals surface area contributed by atoms with Gasteiger partial charge in [-0.25, -0.2) is 0 Å². The van der Waals surface area contributed by atoms with Crippen LogP contribution in [0, 0.1) is 0 Å². The highest BCUT2D eigenvalue weighted by molar-refractivity contribution is 5.23. The third-order valence-electron chi connectivity index (χ3n) is 3.40. The van der Waals surface area contributed by atoms with E-state index in [1.54, 1.807) is 7.11 Å². The molecule has 2 aromatic carbocycles. The zero-order valence-electron chi connectivity index (χ0n) is 12.1. The van der Waals surface area contributed by atoms with Crippen molar-refractivity contribution in [2.24, 2.45) is 0 Å². The average Bonchev–Trinajstić information content (AvgIpc) is 2.52. The maximum Gasteiger partial charge on any atom is 0.0474 e. The molecule has 0 amide bonds. The molecule has 2 rings (SSSR count). The summed E-state index contributed by atoms with van der Waals surface area (Å²) in [5.74, 6) is 0. The van der Waals surface area contributed by atoms with Crippen molar-refractivity contribution < 1.29 is 4.74 Å². The minimum atomic E-state index is 0.357. The molecule has 0 aliphatic rings. The van der Waals surface area contributed by atoms with Crippen LogP contribution in [0.4, 0.5) is 0 Å². The standard InChI is InChI=1S/C18H23NO/c1-20-14-8-13-19-18(17-11-6-3-7-12-17)15-16-9-4-2-5-10-16/h2-7,9-12,18-19H,8,13-15H2,1H3. The first-order chi connectivity index (χ1) is 9.90. The third-order valence-corrected chi connectivity index (χ3v) is 3.40. The topological polar surface area (TPSA) is 21.3 Å². The summed E-state index contributed by atoms with van der Waals surface area (Å²) in [6.07, 6.45) is 2.05. The molecule has 0 saturated carbocycles. The summed E-state index contributed by atoms with van der Waals surface area (Å²) in [5.41, 5.74) is 2.70. The first-order valence-corrected chi connectivity index (χ1v) is 7.21. The lowest BCUT2D eigenvalue weighted by molar-refractivity contribution is 0.193. The lowest BCUT2D eigenvalue weighted by Crippen LogP contribution is -2.25. The fourth-order valence-corrected chi connectivity index (χ4v) is 2.34. The van der Waals surface area contributed by atoms with E-state index in [0.717, 1.165) is 26.0 Å². The van der Waals surface area contributed by atoms with Gasteiger partial charge in [0, 0.05) is 19.8 Å². The van der Waals surface area contributed by atoms with Gasteiger partial charge in [0.1, 0.15) is 0 Å². The molecule has 0 saturated heterocycles. The molecule has 0 bridgehead atoms. The number of hydrogen-bond donors (Lipinski definition) is 1. The highest BCUT2D eigenvalue weighted by atomic mass is 16.5. The first kappa shape index (κ1) is 14.8. The minimum absolute atomic E-state index is 0.357. The molecule has 2 nitrogen and oxygen atoms in total. The van der Waals surface area contributed by atoms with Crippen LogP contribution in [-0.4, -0.2) is 20.3 Å². The minimum Gasteiger partial charge on any atom is -0.385 e. The van der Waals surface area contributed by atoms with Crippen molar-refractivity contribution in [1.82, 2.24) is 5.32 Å². The second kappa shape index (κ2) is 8.51. The quantitative estimate of drug-likeness (QED) is 0.739. The molecule has 2 aromatic rings. The van der Waals surface area contributed by atoms with E-state index in [2.05, 4.69) is 66.0 Å². The van der Waals surface area contributed by atoms with Crippen molar-refractivity contribution in [3.63, 3.8) is 0 Å². The second-order valence-corrected chi connectivity index (χ2v) is 4.95. The van der Waals surface area contributed by atoms with Crippen LogP contribution in [0.3, 0.4) is 0 Å². The van der Waals surface area contributed by atoms with Gasteiger partial charge in [-0.15, -0.1) is 0 Å². The Kier molecular flexibility index (Phi) is 6.28. The molecule has 1 atom stereocenters. The maximum atomic E-state index is 5.11. The van der Waals surface area contributed by atoms with Crippen molar-refractivity contribution in [2.45, 2.75) is 18.9 Å². The summed E-state index contributed by atoms with van der Waals surface area (Å²) in [4.78, 5) is 0. The smallest absolute Gasteiger partial charge is 0.0474 e. The number of rotatable bonds is 8. The highest BCUT2D eigenvalue weighted by Crippen LogP contribution is 2.18. The Bertz CT molecular complexity index is 469. The molecule has 20 heavy (non-hydrogen) atoms. The second-order valence-electron chi connectivity index (χ2n) is 4.95. The number of benzene rings is 2. The predicted molar refractivity (Wildman–Crippen MR) is 83.8 cm³/mol. The Morgan fingerprint density at radius 3 is 2.25 bits per heavy atom. The van der Waals surface area contributed by atoms with Crippen molar-refractivity contribution in [3.8, 4) is 0 Å². The molecule has 0 fully saturated rings.